The number of carbonyl (C=O) groups excluding carboxylic acids is 1. The van der Waals surface area contributed by atoms with Crippen molar-refractivity contribution in [3.05, 3.63) is 57.2 Å². The van der Waals surface area contributed by atoms with Crippen molar-refractivity contribution in [2.45, 2.75) is 44.8 Å². The smallest absolute Gasteiger partial charge is 0.253 e. The molecule has 25 heavy (non-hydrogen) atoms. The Morgan fingerprint density at radius 3 is 2.68 bits per heavy atom. The van der Waals surface area contributed by atoms with Gasteiger partial charge in [0.25, 0.3) is 5.91 Å². The van der Waals surface area contributed by atoms with Gasteiger partial charge < -0.3 is 10.1 Å². The van der Waals surface area contributed by atoms with Crippen LogP contribution in [0.3, 0.4) is 0 Å². The van der Waals surface area contributed by atoms with Crippen LogP contribution in [0.4, 0.5) is 0 Å². The zero-order valence-electron chi connectivity index (χ0n) is 14.0. The van der Waals surface area contributed by atoms with Gasteiger partial charge in [0, 0.05) is 22.8 Å². The van der Waals surface area contributed by atoms with Crippen LogP contribution in [0.25, 0.3) is 0 Å². The Kier molecular flexibility index (Phi) is 5.97. The van der Waals surface area contributed by atoms with Crippen molar-refractivity contribution in [2.24, 2.45) is 0 Å². The highest BCUT2D eigenvalue weighted by Crippen LogP contribution is 2.25. The fourth-order valence-corrected chi connectivity index (χ4v) is 3.52. The monoisotopic (exact) mass is 422 g/mol. The highest BCUT2D eigenvalue weighted by Gasteiger charge is 2.24. The predicted molar refractivity (Wildman–Crippen MR) is 102 cm³/mol. The first-order chi connectivity index (χ1) is 12.0. The standard InChI is InChI=1S/C19H20BrClN2O2/c1-12-2-9-18(22-11-12)25-15-6-4-14(5-7-15)23-19(24)16-10-13(20)3-8-17(16)21/h2-3,8-11,14-15H,4-7H2,1H3,(H,23,24). The lowest BCUT2D eigenvalue weighted by molar-refractivity contribution is 0.0890. The summed E-state index contributed by atoms with van der Waals surface area (Å²) in [4.78, 5) is 16.7. The van der Waals surface area contributed by atoms with E-state index in [0.29, 0.717) is 16.5 Å². The number of benzene rings is 1. The number of hydrogen-bond donors (Lipinski definition) is 1. The number of halogens is 2. The van der Waals surface area contributed by atoms with Gasteiger partial charge in [-0.3, -0.25) is 4.79 Å². The lowest BCUT2D eigenvalue weighted by Crippen LogP contribution is -2.39. The molecule has 1 aliphatic rings. The number of amides is 1. The van der Waals surface area contributed by atoms with E-state index in [4.69, 9.17) is 16.3 Å². The highest BCUT2D eigenvalue weighted by molar-refractivity contribution is 9.10. The van der Waals surface area contributed by atoms with Crippen molar-refractivity contribution in [1.29, 1.82) is 0 Å². The molecule has 1 heterocycles. The van der Waals surface area contributed by atoms with E-state index >= 15 is 0 Å². The normalized spacial score (nSPS) is 20.1. The molecular formula is C19H20BrClN2O2. The van der Waals surface area contributed by atoms with E-state index in [-0.39, 0.29) is 18.1 Å². The second-order valence-corrected chi connectivity index (χ2v) is 7.69. The first-order valence-corrected chi connectivity index (χ1v) is 9.53. The van der Waals surface area contributed by atoms with Crippen LogP contribution in [0.5, 0.6) is 5.88 Å². The molecule has 0 atom stereocenters. The average Bonchev–Trinajstić information content (AvgIpc) is 2.60. The molecule has 0 spiro atoms. The molecule has 4 nitrogen and oxygen atoms in total. The van der Waals surface area contributed by atoms with Crippen molar-refractivity contribution >= 4 is 33.4 Å². The summed E-state index contributed by atoms with van der Waals surface area (Å²) in [6.45, 7) is 2.00. The minimum Gasteiger partial charge on any atom is -0.474 e. The van der Waals surface area contributed by atoms with Crippen molar-refractivity contribution in [3.63, 3.8) is 0 Å². The molecule has 0 unspecified atom stereocenters. The molecule has 1 aromatic carbocycles. The second-order valence-electron chi connectivity index (χ2n) is 6.36. The fourth-order valence-electron chi connectivity index (χ4n) is 2.95. The van der Waals surface area contributed by atoms with Gasteiger partial charge in [0.1, 0.15) is 6.10 Å². The van der Waals surface area contributed by atoms with Gasteiger partial charge in [-0.2, -0.15) is 0 Å². The maximum atomic E-state index is 12.4. The minimum absolute atomic E-state index is 0.129. The number of aromatic nitrogens is 1. The largest absolute Gasteiger partial charge is 0.474 e. The van der Waals surface area contributed by atoms with Crippen molar-refractivity contribution in [1.82, 2.24) is 10.3 Å². The first-order valence-electron chi connectivity index (χ1n) is 8.36. The van der Waals surface area contributed by atoms with Crippen molar-refractivity contribution in [3.8, 4) is 5.88 Å². The summed E-state index contributed by atoms with van der Waals surface area (Å²) in [6, 6.07) is 9.33. The molecule has 0 saturated heterocycles. The lowest BCUT2D eigenvalue weighted by Gasteiger charge is -2.29. The number of hydrogen-bond acceptors (Lipinski definition) is 3. The number of rotatable bonds is 4. The highest BCUT2D eigenvalue weighted by atomic mass is 79.9. The van der Waals surface area contributed by atoms with E-state index < -0.39 is 0 Å². The van der Waals surface area contributed by atoms with Crippen LogP contribution < -0.4 is 10.1 Å². The number of nitrogens with one attached hydrogen (secondary N) is 1. The van der Waals surface area contributed by atoms with E-state index in [1.165, 1.54) is 0 Å². The quantitative estimate of drug-likeness (QED) is 0.759. The zero-order chi connectivity index (χ0) is 17.8. The van der Waals surface area contributed by atoms with Crippen LogP contribution in [-0.4, -0.2) is 23.0 Å². The second kappa shape index (κ2) is 8.19. The Morgan fingerprint density at radius 1 is 1.24 bits per heavy atom. The fraction of sp³-hybridized carbons (Fsp3) is 0.368. The van der Waals surface area contributed by atoms with Crippen molar-refractivity contribution < 1.29 is 9.53 Å². The third-order valence-corrected chi connectivity index (χ3v) is 5.18. The Labute approximate surface area is 161 Å². The molecule has 132 valence electrons. The Morgan fingerprint density at radius 2 is 2.00 bits per heavy atom. The van der Waals surface area contributed by atoms with Crippen LogP contribution in [-0.2, 0) is 0 Å². The van der Waals surface area contributed by atoms with Gasteiger partial charge in [0.05, 0.1) is 10.6 Å². The summed E-state index contributed by atoms with van der Waals surface area (Å²) in [6.07, 6.45) is 5.52. The molecule has 1 saturated carbocycles. The third-order valence-electron chi connectivity index (χ3n) is 4.35. The molecule has 1 amide bonds. The van der Waals surface area contributed by atoms with Crippen LogP contribution >= 0.6 is 27.5 Å². The molecular weight excluding hydrogens is 404 g/mol. The molecule has 6 heteroatoms. The summed E-state index contributed by atoms with van der Waals surface area (Å²) in [7, 11) is 0. The SMILES string of the molecule is Cc1ccc(OC2CCC(NC(=O)c3cc(Br)ccc3Cl)CC2)nc1. The van der Waals surface area contributed by atoms with Crippen LogP contribution in [0.15, 0.2) is 41.0 Å². The molecule has 1 aromatic heterocycles. The molecule has 1 aliphatic carbocycles. The molecule has 0 aliphatic heterocycles. The summed E-state index contributed by atoms with van der Waals surface area (Å²) in [5, 5.41) is 3.54. The van der Waals surface area contributed by atoms with Crippen LogP contribution in [0.1, 0.15) is 41.6 Å². The molecule has 0 radical (unpaired) electrons. The third kappa shape index (κ3) is 4.95. The van der Waals surface area contributed by atoms with Gasteiger partial charge >= 0.3 is 0 Å². The van der Waals surface area contributed by atoms with Gasteiger partial charge in [-0.15, -0.1) is 0 Å². The Hall–Kier alpha value is -1.59. The summed E-state index contributed by atoms with van der Waals surface area (Å²) in [5.41, 5.74) is 1.61. The molecule has 3 rings (SSSR count). The number of aryl methyl sites for hydroxylation is 1. The van der Waals surface area contributed by atoms with E-state index in [2.05, 4.69) is 26.2 Å². The Bertz CT molecular complexity index is 744. The van der Waals surface area contributed by atoms with Gasteiger partial charge in [0.15, 0.2) is 0 Å². The van der Waals surface area contributed by atoms with E-state index in [9.17, 15) is 4.79 Å². The van der Waals surface area contributed by atoms with E-state index in [1.807, 2.05) is 31.3 Å². The lowest BCUT2D eigenvalue weighted by atomic mass is 9.92. The first kappa shape index (κ1) is 18.2. The van der Waals surface area contributed by atoms with Crippen LogP contribution in [0.2, 0.25) is 5.02 Å². The van der Waals surface area contributed by atoms with Crippen molar-refractivity contribution in [2.75, 3.05) is 0 Å². The maximum absolute atomic E-state index is 12.4. The molecule has 2 aromatic rings. The van der Waals surface area contributed by atoms with Gasteiger partial charge in [0.2, 0.25) is 5.88 Å². The number of ether oxygens (including phenoxy) is 1. The molecule has 1 N–H and O–H groups in total. The summed E-state index contributed by atoms with van der Waals surface area (Å²) >= 11 is 9.50. The molecule has 0 bridgehead atoms. The average molecular weight is 424 g/mol. The maximum Gasteiger partial charge on any atom is 0.253 e. The topological polar surface area (TPSA) is 51.2 Å². The van der Waals surface area contributed by atoms with Gasteiger partial charge in [-0.05, 0) is 56.4 Å². The minimum atomic E-state index is -0.129. The number of pyridine rings is 1. The summed E-state index contributed by atoms with van der Waals surface area (Å²) < 4.78 is 6.77. The van der Waals surface area contributed by atoms with Gasteiger partial charge in [-0.25, -0.2) is 4.98 Å². The zero-order valence-corrected chi connectivity index (χ0v) is 16.3. The number of carbonyl (C=O) groups is 1. The number of nitrogens with zero attached hydrogens (tertiary/aromatic N) is 1. The molecule has 1 fully saturated rings. The van der Waals surface area contributed by atoms with E-state index in [0.717, 1.165) is 35.7 Å². The Balaban J connectivity index is 1.51. The predicted octanol–water partition coefficient (Wildman–Crippen LogP) is 4.93. The van der Waals surface area contributed by atoms with E-state index in [1.54, 1.807) is 12.1 Å². The van der Waals surface area contributed by atoms with Crippen LogP contribution in [0, 0.1) is 6.92 Å². The summed E-state index contributed by atoms with van der Waals surface area (Å²) in [5.74, 6) is 0.537. The van der Waals surface area contributed by atoms with Gasteiger partial charge in [-0.1, -0.05) is 33.6 Å².